The average Bonchev–Trinajstić information content (AvgIpc) is 2.85. The molecule has 0 aliphatic heterocycles. The molecule has 0 saturated heterocycles. The highest BCUT2D eigenvalue weighted by Gasteiger charge is 2.15. The summed E-state index contributed by atoms with van der Waals surface area (Å²) in [5.41, 5.74) is -0.342. The van der Waals surface area contributed by atoms with E-state index in [0.717, 1.165) is 0 Å². The third kappa shape index (κ3) is 3.56. The van der Waals surface area contributed by atoms with Crippen molar-refractivity contribution in [3.63, 3.8) is 0 Å². The number of H-pyrrole nitrogens is 2. The van der Waals surface area contributed by atoms with E-state index in [9.17, 15) is 4.79 Å². The zero-order valence-corrected chi connectivity index (χ0v) is 12.8. The third-order valence-electron chi connectivity index (χ3n) is 2.83. The van der Waals surface area contributed by atoms with Gasteiger partial charge in [0.1, 0.15) is 5.82 Å². The van der Waals surface area contributed by atoms with E-state index in [0.29, 0.717) is 23.5 Å². The highest BCUT2D eigenvalue weighted by molar-refractivity contribution is 5.37. The zero-order valence-electron chi connectivity index (χ0n) is 12.8. The summed E-state index contributed by atoms with van der Waals surface area (Å²) in [5.74, 6) is 2.43. The molecular weight excluding hydrogens is 272 g/mol. The second-order valence-electron chi connectivity index (χ2n) is 5.30. The number of hydrogen-bond donors (Lipinski definition) is 3. The van der Waals surface area contributed by atoms with Crippen molar-refractivity contribution in [2.45, 2.75) is 32.7 Å². The number of nitrogens with one attached hydrogen (secondary N) is 3. The lowest BCUT2D eigenvalue weighted by Gasteiger charge is -2.16. The van der Waals surface area contributed by atoms with E-state index in [4.69, 9.17) is 0 Å². The fraction of sp³-hybridized carbons (Fsp3) is 0.583. The molecule has 0 aliphatic rings. The smallest absolute Gasteiger partial charge is 0.340 e. The first-order valence-electron chi connectivity index (χ1n) is 6.71. The van der Waals surface area contributed by atoms with Crippen molar-refractivity contribution < 1.29 is 0 Å². The van der Waals surface area contributed by atoms with Crippen LogP contribution in [0.3, 0.4) is 0 Å². The summed E-state index contributed by atoms with van der Waals surface area (Å²) in [7, 11) is 3.75. The average molecular weight is 292 g/mol. The van der Waals surface area contributed by atoms with E-state index in [1.54, 1.807) is 0 Å². The molecule has 0 unspecified atom stereocenters. The van der Waals surface area contributed by atoms with Crippen LogP contribution in [-0.2, 0) is 0 Å². The topological polar surface area (TPSA) is 115 Å². The third-order valence-corrected chi connectivity index (χ3v) is 2.83. The Kier molecular flexibility index (Phi) is 4.20. The minimum Gasteiger partial charge on any atom is -0.347 e. The summed E-state index contributed by atoms with van der Waals surface area (Å²) in [5, 5.41) is 9.34. The van der Waals surface area contributed by atoms with E-state index in [1.807, 2.05) is 39.8 Å². The van der Waals surface area contributed by atoms with Crippen molar-refractivity contribution in [1.82, 2.24) is 30.1 Å². The van der Waals surface area contributed by atoms with E-state index in [-0.39, 0.29) is 17.6 Å². The molecule has 0 aliphatic carbocycles. The van der Waals surface area contributed by atoms with Gasteiger partial charge in [-0.05, 0) is 6.92 Å². The Labute approximate surface area is 122 Å². The largest absolute Gasteiger partial charge is 0.347 e. The van der Waals surface area contributed by atoms with Crippen molar-refractivity contribution >= 4 is 11.9 Å². The second kappa shape index (κ2) is 5.90. The van der Waals surface area contributed by atoms with Gasteiger partial charge in [-0.2, -0.15) is 20.1 Å². The Morgan fingerprint density at radius 3 is 2.38 bits per heavy atom. The maximum Gasteiger partial charge on any atom is 0.340 e. The summed E-state index contributed by atoms with van der Waals surface area (Å²) in [6.45, 7) is 5.90. The lowest BCUT2D eigenvalue weighted by Crippen LogP contribution is -2.19. The molecule has 0 fully saturated rings. The van der Waals surface area contributed by atoms with Crippen LogP contribution in [0.4, 0.5) is 11.9 Å². The summed E-state index contributed by atoms with van der Waals surface area (Å²) in [6.07, 6.45) is 0. The number of rotatable bonds is 5. The highest BCUT2D eigenvalue weighted by atomic mass is 16.1. The number of hydrogen-bond acceptors (Lipinski definition) is 7. The minimum absolute atomic E-state index is 0.188. The minimum atomic E-state index is -0.342. The number of nitrogens with zero attached hydrogens (tertiary/aromatic N) is 5. The predicted octanol–water partition coefficient (Wildman–Crippen LogP) is 0.645. The Hall–Kier alpha value is -2.45. The van der Waals surface area contributed by atoms with Gasteiger partial charge in [-0.15, -0.1) is 0 Å². The molecule has 2 heterocycles. The Bertz CT molecular complexity index is 633. The quantitative estimate of drug-likeness (QED) is 0.740. The molecular formula is C12H20N8O. The van der Waals surface area contributed by atoms with Crippen molar-refractivity contribution in [2.75, 3.05) is 24.3 Å². The molecule has 0 saturated carbocycles. The van der Waals surface area contributed by atoms with Crippen molar-refractivity contribution in [3.8, 4) is 0 Å². The lowest BCUT2D eigenvalue weighted by atomic mass is 10.2. The number of aromatic amines is 2. The van der Waals surface area contributed by atoms with Crippen molar-refractivity contribution in [1.29, 1.82) is 0 Å². The van der Waals surface area contributed by atoms with Gasteiger partial charge < -0.3 is 10.2 Å². The molecule has 1 atom stereocenters. The van der Waals surface area contributed by atoms with Crippen molar-refractivity contribution in [3.05, 3.63) is 22.1 Å². The molecule has 21 heavy (non-hydrogen) atoms. The van der Waals surface area contributed by atoms with Crippen LogP contribution >= 0.6 is 0 Å². The van der Waals surface area contributed by atoms with E-state index in [2.05, 4.69) is 35.5 Å². The van der Waals surface area contributed by atoms with E-state index < -0.39 is 0 Å². The Balaban J connectivity index is 2.28. The van der Waals surface area contributed by atoms with E-state index >= 15 is 0 Å². The van der Waals surface area contributed by atoms with Crippen LogP contribution in [0.1, 0.15) is 44.4 Å². The van der Waals surface area contributed by atoms with Crippen LogP contribution in [0.15, 0.2) is 4.79 Å². The molecule has 0 bridgehead atoms. The fourth-order valence-electron chi connectivity index (χ4n) is 1.65. The van der Waals surface area contributed by atoms with Gasteiger partial charge in [0.25, 0.3) is 0 Å². The van der Waals surface area contributed by atoms with Gasteiger partial charge in [-0.1, -0.05) is 13.8 Å². The predicted molar refractivity (Wildman–Crippen MR) is 79.5 cm³/mol. The number of aromatic nitrogens is 6. The first-order valence-corrected chi connectivity index (χ1v) is 6.71. The molecule has 2 aromatic rings. The molecule has 0 aromatic carbocycles. The van der Waals surface area contributed by atoms with Gasteiger partial charge in [0.05, 0.1) is 6.04 Å². The summed E-state index contributed by atoms with van der Waals surface area (Å²) >= 11 is 0. The molecule has 0 radical (unpaired) electrons. The second-order valence-corrected chi connectivity index (χ2v) is 5.30. The van der Waals surface area contributed by atoms with Crippen LogP contribution in [0.5, 0.6) is 0 Å². The van der Waals surface area contributed by atoms with Gasteiger partial charge in [-0.25, -0.2) is 9.89 Å². The molecule has 0 spiro atoms. The lowest BCUT2D eigenvalue weighted by molar-refractivity contribution is 0.735. The van der Waals surface area contributed by atoms with Gasteiger partial charge >= 0.3 is 5.69 Å². The van der Waals surface area contributed by atoms with Gasteiger partial charge in [0, 0.05) is 20.0 Å². The first-order chi connectivity index (χ1) is 9.86. The first kappa shape index (κ1) is 14.9. The number of anilines is 2. The normalized spacial score (nSPS) is 12.5. The molecule has 9 heteroatoms. The molecule has 9 nitrogen and oxygen atoms in total. The summed E-state index contributed by atoms with van der Waals surface area (Å²) in [6, 6.07) is -0.235. The zero-order chi connectivity index (χ0) is 15.6. The fourth-order valence-corrected chi connectivity index (χ4v) is 1.65. The highest BCUT2D eigenvalue weighted by Crippen LogP contribution is 2.17. The molecule has 0 amide bonds. The molecule has 2 aromatic heterocycles. The van der Waals surface area contributed by atoms with Crippen LogP contribution in [0.2, 0.25) is 0 Å². The van der Waals surface area contributed by atoms with Crippen LogP contribution in [0.25, 0.3) is 0 Å². The molecule has 2 rings (SSSR count). The SMILES string of the molecule is CC(C)c1nc(N[C@H](C)c2n[nH]c(=O)[nH]2)nc(N(C)C)n1. The maximum atomic E-state index is 11.1. The van der Waals surface area contributed by atoms with Crippen LogP contribution in [-0.4, -0.2) is 44.2 Å². The monoisotopic (exact) mass is 292 g/mol. The molecule has 114 valence electrons. The maximum absolute atomic E-state index is 11.1. The van der Waals surface area contributed by atoms with Gasteiger partial charge in [0.15, 0.2) is 5.82 Å². The standard InChI is InChI=1S/C12H20N8O/c1-6(2)8-14-10(17-11(15-8)20(4)5)13-7(3)9-16-12(21)19-18-9/h6-7H,1-5H3,(H,13,14,15,17)(H2,16,18,19,21)/t7-/m1/s1. The van der Waals surface area contributed by atoms with Crippen LogP contribution < -0.4 is 15.9 Å². The van der Waals surface area contributed by atoms with Gasteiger partial charge in [0.2, 0.25) is 11.9 Å². The van der Waals surface area contributed by atoms with Crippen LogP contribution in [0, 0.1) is 0 Å². The Morgan fingerprint density at radius 2 is 1.86 bits per heavy atom. The summed E-state index contributed by atoms with van der Waals surface area (Å²) < 4.78 is 0. The van der Waals surface area contributed by atoms with Gasteiger partial charge in [-0.3, -0.25) is 4.98 Å². The van der Waals surface area contributed by atoms with E-state index in [1.165, 1.54) is 0 Å². The molecule has 3 N–H and O–H groups in total. The Morgan fingerprint density at radius 1 is 1.14 bits per heavy atom. The van der Waals surface area contributed by atoms with Crippen molar-refractivity contribution in [2.24, 2.45) is 0 Å². The summed E-state index contributed by atoms with van der Waals surface area (Å²) in [4.78, 5) is 28.7.